The van der Waals surface area contributed by atoms with Gasteiger partial charge in [0.2, 0.25) is 0 Å². The van der Waals surface area contributed by atoms with Crippen molar-refractivity contribution >= 4 is 22.0 Å². The van der Waals surface area contributed by atoms with Crippen molar-refractivity contribution in [3.05, 3.63) is 0 Å². The first-order chi connectivity index (χ1) is 8.27. The Morgan fingerprint density at radius 3 is 2.44 bits per heavy atom. The van der Waals surface area contributed by atoms with Gasteiger partial charge in [0.1, 0.15) is 24.4 Å². The SMILES string of the molecule is CC1(C)O[C@@H]2[C@H](O1)[C@@H](Cl)O[C@@H]2[C@H]1COS(=O)(=O)O1. The first kappa shape index (κ1) is 13.0. The van der Waals surface area contributed by atoms with Crippen LogP contribution < -0.4 is 0 Å². The van der Waals surface area contributed by atoms with E-state index in [-0.39, 0.29) is 6.61 Å². The number of hydrogen-bond donors (Lipinski definition) is 0. The lowest BCUT2D eigenvalue weighted by Crippen LogP contribution is -2.39. The van der Waals surface area contributed by atoms with E-state index in [0.717, 1.165) is 0 Å². The number of hydrogen-bond acceptors (Lipinski definition) is 7. The molecule has 104 valence electrons. The van der Waals surface area contributed by atoms with Crippen molar-refractivity contribution in [2.24, 2.45) is 0 Å². The van der Waals surface area contributed by atoms with E-state index in [1.807, 2.05) is 0 Å². The summed E-state index contributed by atoms with van der Waals surface area (Å²) >= 11 is 6.01. The van der Waals surface area contributed by atoms with Crippen molar-refractivity contribution in [3.8, 4) is 0 Å². The molecule has 3 saturated heterocycles. The molecule has 5 atom stereocenters. The van der Waals surface area contributed by atoms with E-state index in [1.165, 1.54) is 0 Å². The molecule has 3 aliphatic heterocycles. The van der Waals surface area contributed by atoms with Gasteiger partial charge in [-0.2, -0.15) is 8.42 Å². The fraction of sp³-hybridized carbons (Fsp3) is 1.00. The van der Waals surface area contributed by atoms with E-state index in [4.69, 9.17) is 30.0 Å². The van der Waals surface area contributed by atoms with Gasteiger partial charge in [0.25, 0.3) is 0 Å². The Labute approximate surface area is 110 Å². The van der Waals surface area contributed by atoms with Crippen LogP contribution >= 0.6 is 11.6 Å². The molecule has 0 unspecified atom stereocenters. The third-order valence-electron chi connectivity index (χ3n) is 3.02. The normalized spacial score (nSPS) is 49.4. The van der Waals surface area contributed by atoms with Crippen LogP contribution in [0.15, 0.2) is 0 Å². The molecule has 18 heavy (non-hydrogen) atoms. The van der Waals surface area contributed by atoms with Gasteiger partial charge in [-0.25, -0.2) is 8.37 Å². The standard InChI is InChI=1S/C9H13ClO7S/c1-9(2)15-6-5(14-8(10)7(6)16-9)4-3-13-18(11,12)17-4/h4-8H,3H2,1-2H3/t4-,5-,6+,7+,8+/m1/s1. The van der Waals surface area contributed by atoms with Crippen molar-refractivity contribution in [2.45, 2.75) is 49.6 Å². The van der Waals surface area contributed by atoms with E-state index in [2.05, 4.69) is 4.18 Å². The van der Waals surface area contributed by atoms with Crippen LogP contribution in [0.3, 0.4) is 0 Å². The Morgan fingerprint density at radius 1 is 1.17 bits per heavy atom. The molecule has 3 rings (SSSR count). The predicted molar refractivity (Wildman–Crippen MR) is 58.1 cm³/mol. The molecule has 0 aromatic carbocycles. The number of alkyl halides is 1. The highest BCUT2D eigenvalue weighted by molar-refractivity contribution is 7.82. The third kappa shape index (κ3) is 2.15. The van der Waals surface area contributed by atoms with Crippen LogP contribution in [0.1, 0.15) is 13.8 Å². The fourth-order valence-electron chi connectivity index (χ4n) is 2.39. The van der Waals surface area contributed by atoms with Crippen LogP contribution in [0.4, 0.5) is 0 Å². The Hall–Kier alpha value is 0.0400. The molecular weight excluding hydrogens is 288 g/mol. The second kappa shape index (κ2) is 4.02. The zero-order valence-corrected chi connectivity index (χ0v) is 11.3. The van der Waals surface area contributed by atoms with Crippen molar-refractivity contribution in [2.75, 3.05) is 6.61 Å². The maximum Gasteiger partial charge on any atom is 0.400 e. The third-order valence-corrected chi connectivity index (χ3v) is 4.28. The average molecular weight is 301 g/mol. The zero-order valence-electron chi connectivity index (χ0n) is 9.74. The molecule has 0 radical (unpaired) electrons. The van der Waals surface area contributed by atoms with E-state index >= 15 is 0 Å². The first-order valence-electron chi connectivity index (χ1n) is 5.50. The monoisotopic (exact) mass is 300 g/mol. The Balaban J connectivity index is 1.79. The van der Waals surface area contributed by atoms with E-state index in [0.29, 0.717) is 0 Å². The van der Waals surface area contributed by atoms with Crippen LogP contribution in [-0.4, -0.2) is 50.8 Å². The van der Waals surface area contributed by atoms with Crippen molar-refractivity contribution in [1.29, 1.82) is 0 Å². The van der Waals surface area contributed by atoms with E-state index < -0.39 is 46.2 Å². The molecule has 0 aliphatic carbocycles. The van der Waals surface area contributed by atoms with Crippen molar-refractivity contribution in [1.82, 2.24) is 0 Å². The minimum atomic E-state index is -3.93. The number of halogens is 1. The highest BCUT2D eigenvalue weighted by Crippen LogP contribution is 2.42. The van der Waals surface area contributed by atoms with Gasteiger partial charge in [-0.1, -0.05) is 11.6 Å². The van der Waals surface area contributed by atoms with Crippen LogP contribution in [0, 0.1) is 0 Å². The highest BCUT2D eigenvalue weighted by atomic mass is 35.5. The molecule has 0 amide bonds. The number of fused-ring (bicyclic) bond motifs is 1. The first-order valence-corrected chi connectivity index (χ1v) is 7.27. The van der Waals surface area contributed by atoms with Gasteiger partial charge in [-0.15, -0.1) is 0 Å². The zero-order chi connectivity index (χ0) is 13.1. The van der Waals surface area contributed by atoms with Crippen LogP contribution in [0.5, 0.6) is 0 Å². The minimum absolute atomic E-state index is 0.108. The van der Waals surface area contributed by atoms with E-state index in [1.54, 1.807) is 13.8 Å². The molecule has 0 N–H and O–H groups in total. The molecule has 0 spiro atoms. The molecule has 9 heteroatoms. The highest BCUT2D eigenvalue weighted by Gasteiger charge is 2.58. The van der Waals surface area contributed by atoms with Gasteiger partial charge in [0.05, 0.1) is 6.61 Å². The summed E-state index contributed by atoms with van der Waals surface area (Å²) in [6, 6.07) is 0. The molecule has 0 saturated carbocycles. The molecule has 0 aromatic rings. The van der Waals surface area contributed by atoms with Crippen LogP contribution in [-0.2, 0) is 33.0 Å². The molecule has 0 bridgehead atoms. The second-order valence-electron chi connectivity index (χ2n) is 4.84. The summed E-state index contributed by atoms with van der Waals surface area (Å²) in [5.41, 5.74) is -0.700. The molecule has 0 aromatic heterocycles. The molecule has 7 nitrogen and oxygen atoms in total. The van der Waals surface area contributed by atoms with Crippen molar-refractivity contribution < 1.29 is 31.0 Å². The minimum Gasteiger partial charge on any atom is -0.351 e. The topological polar surface area (TPSA) is 80.3 Å². The quantitative estimate of drug-likeness (QED) is 0.637. The second-order valence-corrected chi connectivity index (χ2v) is 6.52. The summed E-state index contributed by atoms with van der Waals surface area (Å²) in [5, 5.41) is 0. The maximum absolute atomic E-state index is 11.1. The lowest BCUT2D eigenvalue weighted by atomic mass is 10.1. The summed E-state index contributed by atoms with van der Waals surface area (Å²) in [4.78, 5) is 0. The van der Waals surface area contributed by atoms with Gasteiger partial charge in [0.15, 0.2) is 11.4 Å². The molecule has 3 aliphatic rings. The van der Waals surface area contributed by atoms with Gasteiger partial charge < -0.3 is 14.2 Å². The molecule has 3 fully saturated rings. The van der Waals surface area contributed by atoms with Gasteiger partial charge in [0, 0.05) is 0 Å². The van der Waals surface area contributed by atoms with Crippen molar-refractivity contribution in [3.63, 3.8) is 0 Å². The Morgan fingerprint density at radius 2 is 1.83 bits per heavy atom. The summed E-state index contributed by atoms with van der Waals surface area (Å²) < 4.78 is 48.2. The molecular formula is C9H13ClO7S. The predicted octanol–water partition coefficient (Wildman–Crippen LogP) is 0.130. The lowest BCUT2D eigenvalue weighted by Gasteiger charge is -2.24. The van der Waals surface area contributed by atoms with Crippen LogP contribution in [0.25, 0.3) is 0 Å². The van der Waals surface area contributed by atoms with Gasteiger partial charge >= 0.3 is 10.4 Å². The smallest absolute Gasteiger partial charge is 0.351 e. The largest absolute Gasteiger partial charge is 0.400 e. The average Bonchev–Trinajstić information content (AvgIpc) is 2.81. The Kier molecular flexibility index (Phi) is 2.91. The Bertz CT molecular complexity index is 450. The van der Waals surface area contributed by atoms with Gasteiger partial charge in [-0.05, 0) is 13.8 Å². The molecule has 3 heterocycles. The lowest BCUT2D eigenvalue weighted by molar-refractivity contribution is -0.186. The number of ether oxygens (including phenoxy) is 3. The summed E-state index contributed by atoms with van der Waals surface area (Å²) in [6.07, 6.45) is -2.30. The van der Waals surface area contributed by atoms with Crippen LogP contribution in [0.2, 0.25) is 0 Å². The summed E-state index contributed by atoms with van der Waals surface area (Å²) in [7, 11) is -3.93. The summed E-state index contributed by atoms with van der Waals surface area (Å²) in [5.74, 6) is -0.775. The summed E-state index contributed by atoms with van der Waals surface area (Å²) in [6.45, 7) is 3.41. The maximum atomic E-state index is 11.1. The van der Waals surface area contributed by atoms with E-state index in [9.17, 15) is 8.42 Å². The number of rotatable bonds is 1. The fourth-order valence-corrected chi connectivity index (χ4v) is 3.52. The van der Waals surface area contributed by atoms with Gasteiger partial charge in [-0.3, -0.25) is 0 Å².